The molecule has 1 aliphatic rings. The molecular formula is C26H33N3O2. The summed E-state index contributed by atoms with van der Waals surface area (Å²) in [7, 11) is 0. The Labute approximate surface area is 184 Å². The Morgan fingerprint density at radius 1 is 1.10 bits per heavy atom. The van der Waals surface area contributed by atoms with E-state index in [9.17, 15) is 4.79 Å². The van der Waals surface area contributed by atoms with Gasteiger partial charge in [0.25, 0.3) is 0 Å². The van der Waals surface area contributed by atoms with Gasteiger partial charge in [-0.1, -0.05) is 43.5 Å². The number of carbonyl (C=O) groups excluding carboxylic acids is 1. The Hall–Kier alpha value is -2.66. The maximum absolute atomic E-state index is 12.4. The van der Waals surface area contributed by atoms with Crippen LogP contribution >= 0.6 is 0 Å². The molecule has 5 nitrogen and oxygen atoms in total. The van der Waals surface area contributed by atoms with Crippen molar-refractivity contribution in [1.82, 2.24) is 14.9 Å². The van der Waals surface area contributed by atoms with Gasteiger partial charge in [-0.3, -0.25) is 0 Å². The first kappa shape index (κ1) is 21.6. The summed E-state index contributed by atoms with van der Waals surface area (Å²) in [6.07, 6.45) is 8.02. The van der Waals surface area contributed by atoms with Gasteiger partial charge in [0.2, 0.25) is 0 Å². The van der Waals surface area contributed by atoms with Crippen molar-refractivity contribution in [3.8, 4) is 11.1 Å². The van der Waals surface area contributed by atoms with Crippen LogP contribution in [0.3, 0.4) is 0 Å². The molecule has 1 heterocycles. The van der Waals surface area contributed by atoms with Crippen molar-refractivity contribution in [3.63, 3.8) is 0 Å². The van der Waals surface area contributed by atoms with Crippen molar-refractivity contribution in [1.29, 1.82) is 0 Å². The van der Waals surface area contributed by atoms with Crippen LogP contribution in [0.4, 0.5) is 4.79 Å². The van der Waals surface area contributed by atoms with Gasteiger partial charge in [-0.2, -0.15) is 0 Å². The van der Waals surface area contributed by atoms with Crippen LogP contribution in [0, 0.1) is 5.92 Å². The number of hydrogen-bond donors (Lipinski definition) is 1. The smallest absolute Gasteiger partial charge is 0.420 e. The Bertz CT molecular complexity index is 1040. The molecule has 31 heavy (non-hydrogen) atoms. The molecule has 0 saturated heterocycles. The molecule has 1 aliphatic carbocycles. The van der Waals surface area contributed by atoms with Crippen LogP contribution in [0.5, 0.6) is 0 Å². The minimum atomic E-state index is -0.543. The predicted molar refractivity (Wildman–Crippen MR) is 125 cm³/mol. The number of carbonyl (C=O) groups is 1. The fourth-order valence-electron chi connectivity index (χ4n) is 4.32. The quantitative estimate of drug-likeness (QED) is 0.538. The lowest BCUT2D eigenvalue weighted by molar-refractivity contribution is 0.0543. The van der Waals surface area contributed by atoms with Gasteiger partial charge in [0.1, 0.15) is 11.9 Å². The highest BCUT2D eigenvalue weighted by Crippen LogP contribution is 2.26. The second-order valence-corrected chi connectivity index (χ2v) is 9.63. The number of ether oxygens (including phenoxy) is 1. The van der Waals surface area contributed by atoms with Gasteiger partial charge in [-0.05, 0) is 81.0 Å². The molecule has 0 atom stereocenters. The molecule has 0 bridgehead atoms. The maximum Gasteiger partial charge on any atom is 0.420 e. The molecule has 4 rings (SSSR count). The second kappa shape index (κ2) is 9.23. The highest BCUT2D eigenvalue weighted by atomic mass is 16.6. The first-order valence-electron chi connectivity index (χ1n) is 11.4. The summed E-state index contributed by atoms with van der Waals surface area (Å²) in [5.41, 5.74) is 4.53. The molecule has 5 heteroatoms. The zero-order chi connectivity index (χ0) is 21.8. The van der Waals surface area contributed by atoms with Crippen LogP contribution in [0.2, 0.25) is 0 Å². The standard InChI is InChI=1S/C26H33N3O2/c1-26(2,3)31-25(30)29-18-28-23-15-22(12-13-24(23)29)21-11-7-10-20(14-21)17-27-16-19-8-5-4-6-9-19/h7,10-15,18-19,27H,4-6,8-9,16-17H2,1-3H3. The molecule has 1 saturated carbocycles. The van der Waals surface area contributed by atoms with Crippen molar-refractivity contribution in [2.75, 3.05) is 6.54 Å². The number of rotatable bonds is 5. The van der Waals surface area contributed by atoms with Gasteiger partial charge >= 0.3 is 6.09 Å². The number of imidazole rings is 1. The monoisotopic (exact) mass is 419 g/mol. The zero-order valence-corrected chi connectivity index (χ0v) is 18.9. The minimum Gasteiger partial charge on any atom is -0.443 e. The second-order valence-electron chi connectivity index (χ2n) is 9.63. The molecule has 0 radical (unpaired) electrons. The van der Waals surface area contributed by atoms with Gasteiger partial charge in [-0.25, -0.2) is 14.3 Å². The van der Waals surface area contributed by atoms with Crippen molar-refractivity contribution in [2.24, 2.45) is 5.92 Å². The summed E-state index contributed by atoms with van der Waals surface area (Å²) in [5.74, 6) is 0.833. The van der Waals surface area contributed by atoms with Crippen molar-refractivity contribution in [2.45, 2.75) is 65.0 Å². The number of aromatic nitrogens is 2. The van der Waals surface area contributed by atoms with Gasteiger partial charge < -0.3 is 10.1 Å². The molecule has 0 aliphatic heterocycles. The number of hydrogen-bond acceptors (Lipinski definition) is 4. The summed E-state index contributed by atoms with van der Waals surface area (Å²) >= 11 is 0. The molecule has 0 unspecified atom stereocenters. The number of nitrogens with one attached hydrogen (secondary N) is 1. The Morgan fingerprint density at radius 3 is 2.65 bits per heavy atom. The summed E-state index contributed by atoms with van der Waals surface area (Å²) in [6.45, 7) is 7.58. The van der Waals surface area contributed by atoms with Crippen LogP contribution in [0.25, 0.3) is 22.2 Å². The Balaban J connectivity index is 1.46. The van der Waals surface area contributed by atoms with Crippen molar-refractivity contribution in [3.05, 3.63) is 54.4 Å². The molecule has 0 spiro atoms. The topological polar surface area (TPSA) is 56.2 Å². The third kappa shape index (κ3) is 5.53. The molecule has 0 amide bonds. The highest BCUT2D eigenvalue weighted by Gasteiger charge is 2.19. The predicted octanol–water partition coefficient (Wildman–Crippen LogP) is 6.16. The van der Waals surface area contributed by atoms with Gasteiger partial charge in [-0.15, -0.1) is 0 Å². The summed E-state index contributed by atoms with van der Waals surface area (Å²) in [5, 5.41) is 3.65. The third-order valence-corrected chi connectivity index (χ3v) is 5.88. The van der Waals surface area contributed by atoms with Crippen LogP contribution < -0.4 is 5.32 Å². The highest BCUT2D eigenvalue weighted by molar-refractivity contribution is 5.89. The van der Waals surface area contributed by atoms with Crippen LogP contribution in [-0.2, 0) is 11.3 Å². The van der Waals surface area contributed by atoms with E-state index in [-0.39, 0.29) is 0 Å². The normalized spacial score (nSPS) is 15.3. The first-order valence-corrected chi connectivity index (χ1v) is 11.4. The minimum absolute atomic E-state index is 0.409. The first-order chi connectivity index (χ1) is 14.9. The maximum atomic E-state index is 12.4. The summed E-state index contributed by atoms with van der Waals surface area (Å²) < 4.78 is 6.95. The van der Waals surface area contributed by atoms with E-state index >= 15 is 0 Å². The van der Waals surface area contributed by atoms with E-state index in [1.54, 1.807) is 0 Å². The lowest BCUT2D eigenvalue weighted by atomic mass is 9.89. The molecular weight excluding hydrogens is 386 g/mol. The van der Waals surface area contributed by atoms with E-state index in [0.29, 0.717) is 0 Å². The Morgan fingerprint density at radius 2 is 1.87 bits per heavy atom. The fraction of sp³-hybridized carbons (Fsp3) is 0.462. The van der Waals surface area contributed by atoms with E-state index in [0.717, 1.165) is 41.2 Å². The lowest BCUT2D eigenvalue weighted by Gasteiger charge is -2.21. The molecule has 164 valence electrons. The molecule has 1 aromatic heterocycles. The van der Waals surface area contributed by atoms with Crippen molar-refractivity contribution < 1.29 is 9.53 Å². The number of nitrogens with zero attached hydrogens (tertiary/aromatic N) is 2. The molecule has 2 aromatic carbocycles. The number of fused-ring (bicyclic) bond motifs is 1. The van der Waals surface area contributed by atoms with E-state index in [1.807, 2.05) is 39.0 Å². The van der Waals surface area contributed by atoms with Crippen LogP contribution in [0.15, 0.2) is 48.8 Å². The number of benzene rings is 2. The SMILES string of the molecule is CC(C)(C)OC(=O)n1cnc2cc(-c3cccc(CNCC4CCCCC4)c3)ccc21. The van der Waals surface area contributed by atoms with Crippen LogP contribution in [-0.4, -0.2) is 27.8 Å². The average Bonchev–Trinajstić information content (AvgIpc) is 3.17. The van der Waals surface area contributed by atoms with Crippen molar-refractivity contribution >= 4 is 17.1 Å². The third-order valence-electron chi connectivity index (χ3n) is 5.88. The lowest BCUT2D eigenvalue weighted by Crippen LogP contribution is -2.26. The zero-order valence-electron chi connectivity index (χ0n) is 18.9. The molecule has 1 fully saturated rings. The van der Waals surface area contributed by atoms with E-state index in [2.05, 4.69) is 34.6 Å². The van der Waals surface area contributed by atoms with Gasteiger partial charge in [0.15, 0.2) is 0 Å². The van der Waals surface area contributed by atoms with Crippen LogP contribution in [0.1, 0.15) is 58.4 Å². The molecule has 3 aromatic rings. The van der Waals surface area contributed by atoms with E-state index < -0.39 is 11.7 Å². The van der Waals surface area contributed by atoms with Gasteiger partial charge in [0.05, 0.1) is 11.0 Å². The summed E-state index contributed by atoms with van der Waals surface area (Å²) in [4.78, 5) is 16.9. The van der Waals surface area contributed by atoms with E-state index in [4.69, 9.17) is 4.74 Å². The Kier molecular flexibility index (Phi) is 6.42. The largest absolute Gasteiger partial charge is 0.443 e. The van der Waals surface area contributed by atoms with E-state index in [1.165, 1.54) is 48.6 Å². The summed E-state index contributed by atoms with van der Waals surface area (Å²) in [6, 6.07) is 14.7. The fourth-order valence-corrected chi connectivity index (χ4v) is 4.32. The van der Waals surface area contributed by atoms with Gasteiger partial charge in [0, 0.05) is 6.54 Å². The average molecular weight is 420 g/mol. The molecule has 1 N–H and O–H groups in total.